The van der Waals surface area contributed by atoms with E-state index in [1.54, 1.807) is 0 Å². The second-order valence-corrected chi connectivity index (χ2v) is 8.53. The highest BCUT2D eigenvalue weighted by atomic mass is 32.1. The van der Waals surface area contributed by atoms with Crippen molar-refractivity contribution in [3.05, 3.63) is 11.6 Å². The van der Waals surface area contributed by atoms with Gasteiger partial charge in [0.1, 0.15) is 11.0 Å². The van der Waals surface area contributed by atoms with Crippen LogP contribution in [-0.2, 0) is 18.3 Å². The second-order valence-electron chi connectivity index (χ2n) is 7.01. The molecule has 1 rings (SSSR count). The fourth-order valence-electron chi connectivity index (χ4n) is 3.17. The van der Waals surface area contributed by atoms with Crippen LogP contribution < -0.4 is 0 Å². The molecule has 0 saturated carbocycles. The fraction of sp³-hybridized carbons (Fsp3) is 0.824. The summed E-state index contributed by atoms with van der Waals surface area (Å²) in [5.41, 5.74) is 0.0781. The monoisotopic (exact) mass is 395 g/mol. The van der Waals surface area contributed by atoms with Crippen molar-refractivity contribution < 1.29 is 28.3 Å². The van der Waals surface area contributed by atoms with Crippen LogP contribution in [0.1, 0.15) is 46.0 Å². The summed E-state index contributed by atoms with van der Waals surface area (Å²) in [7, 11) is 4.74. The quantitative estimate of drug-likeness (QED) is 0.183. The lowest BCUT2D eigenvalue weighted by molar-refractivity contribution is -0.936. The van der Waals surface area contributed by atoms with E-state index in [0.29, 0.717) is 16.0 Å². The number of allylic oxidation sites excluding steroid dienone is 1. The molecule has 1 heterocycles. The van der Waals surface area contributed by atoms with Gasteiger partial charge in [-0.1, -0.05) is 31.6 Å². The van der Waals surface area contributed by atoms with E-state index < -0.39 is 14.0 Å². The summed E-state index contributed by atoms with van der Waals surface area (Å²) in [6.45, 7) is 4.82. The van der Waals surface area contributed by atoms with Gasteiger partial charge in [0.25, 0.3) is 5.72 Å². The molecule has 0 amide bonds. The number of likely N-dealkylation sites (N-methyl/N-ethyl adjacent to an activating group) is 1. The Morgan fingerprint density at radius 2 is 2.08 bits per heavy atom. The zero-order valence-corrected chi connectivity index (χ0v) is 18.1. The van der Waals surface area contributed by atoms with Gasteiger partial charge in [-0.25, -0.2) is 4.52 Å². The third-order valence-electron chi connectivity index (χ3n) is 4.53. The molecule has 6 nitrogen and oxygen atoms in total. The highest BCUT2D eigenvalue weighted by Crippen LogP contribution is 2.44. The number of rotatable bonds is 10. The molecule has 8 heteroatoms. The van der Waals surface area contributed by atoms with Gasteiger partial charge in [-0.3, -0.25) is 9.05 Å². The Labute approximate surface area is 158 Å². The minimum Gasteiger partial charge on any atom is -0.870 e. The van der Waals surface area contributed by atoms with Crippen molar-refractivity contribution in [3.63, 3.8) is 0 Å². The van der Waals surface area contributed by atoms with Gasteiger partial charge in [0.15, 0.2) is 0 Å². The predicted octanol–water partition coefficient (Wildman–Crippen LogP) is 3.95. The van der Waals surface area contributed by atoms with Crippen LogP contribution in [0, 0.1) is 0 Å². The maximum absolute atomic E-state index is 12.3. The van der Waals surface area contributed by atoms with E-state index in [2.05, 4.69) is 6.92 Å². The Hall–Kier alpha value is -0.140. The highest BCUT2D eigenvalue weighted by molar-refractivity contribution is 7.81. The molecule has 1 N–H and O–H groups in total. The number of thiocarbonyl (C=S) groups is 1. The van der Waals surface area contributed by atoms with Crippen molar-refractivity contribution in [1.82, 2.24) is 0 Å². The van der Waals surface area contributed by atoms with Crippen LogP contribution in [0.4, 0.5) is 0 Å². The lowest BCUT2D eigenvalue weighted by Gasteiger charge is -2.48. The average Bonchev–Trinajstić information content (AvgIpc) is 3.06. The van der Waals surface area contributed by atoms with Gasteiger partial charge in [0, 0.05) is 13.7 Å². The normalized spacial score (nSPS) is 22.2. The Morgan fingerprint density at radius 1 is 1.44 bits per heavy atom. The van der Waals surface area contributed by atoms with Crippen molar-refractivity contribution in [3.8, 4) is 0 Å². The number of hydrogen-bond donors (Lipinski definition) is 0. The number of nitrogens with zero attached hydrogens (tertiary/aromatic N) is 1. The fourth-order valence-corrected chi connectivity index (χ4v) is 4.76. The summed E-state index contributed by atoms with van der Waals surface area (Å²) in [6, 6.07) is 0. The van der Waals surface area contributed by atoms with Crippen LogP contribution in [-0.4, -0.2) is 61.5 Å². The minimum atomic E-state index is -2.67. The molecule has 0 aromatic heterocycles. The standard InChI is InChI=1S/C17H33NO4PS.H2O/c1-7-9-11-14(8-2)16(24)17(18(3,4)5,22-23(19)20-6)15-12-10-13-21-15;/h8,15,23H,7,9-13H2,1-6H3;1H2/q+1;/p-1. The minimum absolute atomic E-state index is 0. The number of unbranched alkanes of at least 4 members (excludes halogenated alkanes) is 1. The first kappa shape index (κ1) is 24.9. The third-order valence-corrected chi connectivity index (χ3v) is 5.90. The first-order valence-corrected chi connectivity index (χ1v) is 10.3. The molecule has 0 spiro atoms. The molecular weight excluding hydrogens is 361 g/mol. The Kier molecular flexibility index (Phi) is 10.8. The van der Waals surface area contributed by atoms with E-state index in [-0.39, 0.29) is 11.6 Å². The van der Waals surface area contributed by atoms with E-state index >= 15 is 0 Å². The van der Waals surface area contributed by atoms with Crippen LogP contribution >= 0.6 is 20.5 Å². The van der Waals surface area contributed by atoms with Gasteiger partial charge < -0.3 is 14.7 Å². The number of quaternary nitrogens is 1. The molecule has 1 aliphatic heterocycles. The first-order chi connectivity index (χ1) is 11.2. The molecule has 1 fully saturated rings. The zero-order chi connectivity index (χ0) is 18.4. The summed E-state index contributed by atoms with van der Waals surface area (Å²) >= 11 is 5.91. The van der Waals surface area contributed by atoms with Crippen LogP contribution in [0.3, 0.4) is 0 Å². The van der Waals surface area contributed by atoms with Crippen LogP contribution in [0.2, 0.25) is 0 Å². The number of ether oxygens (including phenoxy) is 1. The largest absolute Gasteiger partial charge is 0.870 e. The Bertz CT molecular complexity index is 486. The Balaban J connectivity index is 0.00000576. The van der Waals surface area contributed by atoms with Gasteiger partial charge in [-0.05, 0) is 38.2 Å². The molecule has 25 heavy (non-hydrogen) atoms. The molecule has 0 radical (unpaired) electrons. The Morgan fingerprint density at radius 3 is 2.48 bits per heavy atom. The molecule has 1 saturated heterocycles. The van der Waals surface area contributed by atoms with Gasteiger partial charge in [-0.2, -0.15) is 0 Å². The first-order valence-electron chi connectivity index (χ1n) is 8.64. The smallest absolute Gasteiger partial charge is 0.324 e. The van der Waals surface area contributed by atoms with Gasteiger partial charge >= 0.3 is 8.25 Å². The van der Waals surface area contributed by atoms with Crippen LogP contribution in [0.5, 0.6) is 0 Å². The zero-order valence-electron chi connectivity index (χ0n) is 16.3. The maximum Gasteiger partial charge on any atom is 0.324 e. The van der Waals surface area contributed by atoms with Gasteiger partial charge in [0.05, 0.1) is 21.1 Å². The lowest BCUT2D eigenvalue weighted by atomic mass is 9.90. The molecule has 3 unspecified atom stereocenters. The van der Waals surface area contributed by atoms with E-state index in [4.69, 9.17) is 26.0 Å². The van der Waals surface area contributed by atoms with Crippen molar-refractivity contribution in [2.75, 3.05) is 34.9 Å². The van der Waals surface area contributed by atoms with Crippen LogP contribution in [0.25, 0.3) is 0 Å². The van der Waals surface area contributed by atoms with Crippen LogP contribution in [0.15, 0.2) is 11.6 Å². The summed E-state index contributed by atoms with van der Waals surface area (Å²) in [5, 5.41) is 0. The summed E-state index contributed by atoms with van der Waals surface area (Å²) < 4.78 is 29.6. The average molecular weight is 396 g/mol. The molecule has 0 aromatic carbocycles. The molecule has 0 bridgehead atoms. The maximum atomic E-state index is 12.3. The van der Waals surface area contributed by atoms with Crippen molar-refractivity contribution in [1.29, 1.82) is 0 Å². The molecule has 3 atom stereocenters. The second kappa shape index (κ2) is 10.9. The molecule has 148 valence electrons. The summed E-state index contributed by atoms with van der Waals surface area (Å²) in [6.07, 6.45) is 6.63. The third kappa shape index (κ3) is 5.67. The molecule has 0 aromatic rings. The topological polar surface area (TPSA) is 74.8 Å². The lowest BCUT2D eigenvalue weighted by Crippen LogP contribution is -2.68. The van der Waals surface area contributed by atoms with E-state index in [1.807, 2.05) is 34.1 Å². The highest BCUT2D eigenvalue weighted by Gasteiger charge is 2.58. The van der Waals surface area contributed by atoms with Crippen molar-refractivity contribution >= 4 is 25.3 Å². The van der Waals surface area contributed by atoms with E-state index in [1.165, 1.54) is 7.11 Å². The number of hydrogen-bond acceptors (Lipinski definition) is 6. The SMILES string of the molecule is CC=C(CCCC)C(=S)C(O[PH](=O)OC)(C1CCCO1)[N+](C)(C)C.[OH-]. The molecule has 1 aliphatic rings. The molecular formula is C17H34NO5PS. The summed E-state index contributed by atoms with van der Waals surface area (Å²) in [4.78, 5) is 0.688. The van der Waals surface area contributed by atoms with Crippen molar-refractivity contribution in [2.24, 2.45) is 0 Å². The van der Waals surface area contributed by atoms with Crippen molar-refractivity contribution in [2.45, 2.75) is 57.8 Å². The molecule has 0 aliphatic carbocycles. The summed E-state index contributed by atoms with van der Waals surface area (Å²) in [5.74, 6) is 0. The van der Waals surface area contributed by atoms with Gasteiger partial charge in [-0.15, -0.1) is 0 Å². The van der Waals surface area contributed by atoms with E-state index in [0.717, 1.165) is 37.7 Å². The van der Waals surface area contributed by atoms with Gasteiger partial charge in [0.2, 0.25) is 0 Å². The van der Waals surface area contributed by atoms with E-state index in [9.17, 15) is 4.57 Å². The predicted molar refractivity (Wildman–Crippen MR) is 105 cm³/mol.